The molecular formula is C18H28ClFN2O4. The Balaban J connectivity index is 0.000000321. The zero-order chi connectivity index (χ0) is 19.7. The highest BCUT2D eigenvalue weighted by atomic mass is 35.5. The molecule has 3 unspecified atom stereocenters. The van der Waals surface area contributed by atoms with E-state index in [0.717, 1.165) is 19.5 Å². The Hall–Kier alpha value is -1.44. The predicted molar refractivity (Wildman–Crippen MR) is 97.9 cm³/mol. The first-order valence-corrected chi connectivity index (χ1v) is 9.12. The van der Waals surface area contributed by atoms with Gasteiger partial charge in [-0.3, -0.25) is 4.79 Å². The van der Waals surface area contributed by atoms with Crippen molar-refractivity contribution < 1.29 is 24.1 Å². The third-order valence-electron chi connectivity index (χ3n) is 4.28. The zero-order valence-corrected chi connectivity index (χ0v) is 16.4. The third-order valence-corrected chi connectivity index (χ3v) is 4.56. The van der Waals surface area contributed by atoms with Crippen molar-refractivity contribution in [3.8, 4) is 5.75 Å². The van der Waals surface area contributed by atoms with E-state index >= 15 is 0 Å². The average Bonchev–Trinajstić information content (AvgIpc) is 2.53. The molecule has 0 amide bonds. The van der Waals surface area contributed by atoms with Crippen LogP contribution in [0.4, 0.5) is 4.53 Å². The van der Waals surface area contributed by atoms with Crippen LogP contribution in [0.5, 0.6) is 5.75 Å². The Kier molecular flexibility index (Phi) is 9.83. The summed E-state index contributed by atoms with van der Waals surface area (Å²) in [6, 6.07) is 3.74. The number of carboxylic acid groups (broad SMARTS) is 1. The molecule has 0 radical (unpaired) electrons. The lowest BCUT2D eigenvalue weighted by Crippen LogP contribution is -2.50. The summed E-state index contributed by atoms with van der Waals surface area (Å²) >= 11 is 6.02. The number of aromatic nitrogens is 1. The summed E-state index contributed by atoms with van der Waals surface area (Å²) in [6.07, 6.45) is 2.09. The van der Waals surface area contributed by atoms with Crippen LogP contribution in [0, 0.1) is 17.8 Å². The van der Waals surface area contributed by atoms with Gasteiger partial charge in [0.2, 0.25) is 0 Å². The van der Waals surface area contributed by atoms with E-state index in [-0.39, 0.29) is 6.10 Å². The number of nitrogens with one attached hydrogen (secondary N) is 1. The molecule has 0 spiro atoms. The summed E-state index contributed by atoms with van der Waals surface area (Å²) in [5, 5.41) is 12.0. The second-order valence-electron chi connectivity index (χ2n) is 6.92. The lowest BCUT2D eigenvalue weighted by molar-refractivity contribution is -0.194. The number of rotatable bonds is 8. The monoisotopic (exact) mass is 390 g/mol. The van der Waals surface area contributed by atoms with Gasteiger partial charge in [0, 0.05) is 25.2 Å². The van der Waals surface area contributed by atoms with Crippen LogP contribution in [0.3, 0.4) is 0 Å². The van der Waals surface area contributed by atoms with Crippen LogP contribution in [-0.2, 0) is 9.74 Å². The minimum atomic E-state index is -1.06. The quantitative estimate of drug-likeness (QED) is 0.658. The molecule has 6 nitrogen and oxygen atoms in total. The fourth-order valence-electron chi connectivity index (χ4n) is 2.28. The standard InChI is InChI=1S/C13H19ClN2O.C5H9FO3/c1-9(2)6-12(10-7-15-8-10)17-11-4-3-5-16-13(11)14;1-3(5(7)8)4(2)9-6/h3-5,9-10,12,15H,6-8H2,1-2H3;3-4H,1-2H3,(H,7,8). The second kappa shape index (κ2) is 11.3. The Morgan fingerprint density at radius 1 is 1.42 bits per heavy atom. The van der Waals surface area contributed by atoms with Crippen molar-refractivity contribution >= 4 is 17.6 Å². The molecule has 0 saturated carbocycles. The summed E-state index contributed by atoms with van der Waals surface area (Å²) in [6.45, 7) is 9.25. The molecule has 1 aliphatic heterocycles. The summed E-state index contributed by atoms with van der Waals surface area (Å²) in [7, 11) is 0. The van der Waals surface area contributed by atoms with Gasteiger partial charge in [-0.05, 0) is 42.8 Å². The molecule has 1 aromatic rings. The fourth-order valence-corrected chi connectivity index (χ4v) is 2.44. The van der Waals surface area contributed by atoms with Crippen LogP contribution in [0.15, 0.2) is 18.3 Å². The Bertz CT molecular complexity index is 558. The highest BCUT2D eigenvalue weighted by molar-refractivity contribution is 6.30. The van der Waals surface area contributed by atoms with Crippen molar-refractivity contribution in [2.45, 2.75) is 46.3 Å². The maximum Gasteiger partial charge on any atom is 0.308 e. The maximum absolute atomic E-state index is 11.2. The van der Waals surface area contributed by atoms with Crippen LogP contribution in [-0.4, -0.2) is 41.4 Å². The molecule has 8 heteroatoms. The van der Waals surface area contributed by atoms with Crippen molar-refractivity contribution in [3.05, 3.63) is 23.5 Å². The molecule has 2 heterocycles. The zero-order valence-electron chi connectivity index (χ0n) is 15.6. The summed E-state index contributed by atoms with van der Waals surface area (Å²) < 4.78 is 17.3. The number of hydrogen-bond acceptors (Lipinski definition) is 5. The highest BCUT2D eigenvalue weighted by Gasteiger charge is 2.29. The molecule has 0 aromatic carbocycles. The van der Waals surface area contributed by atoms with Gasteiger partial charge in [0.1, 0.15) is 12.2 Å². The number of ether oxygens (including phenoxy) is 1. The molecule has 1 fully saturated rings. The van der Waals surface area contributed by atoms with Crippen molar-refractivity contribution in [3.63, 3.8) is 0 Å². The first-order valence-electron chi connectivity index (χ1n) is 8.74. The van der Waals surface area contributed by atoms with Crippen molar-refractivity contribution in [1.82, 2.24) is 10.3 Å². The van der Waals surface area contributed by atoms with E-state index in [1.807, 2.05) is 12.1 Å². The molecule has 2 rings (SSSR count). The van der Waals surface area contributed by atoms with Crippen LogP contribution in [0.25, 0.3) is 0 Å². The van der Waals surface area contributed by atoms with Crippen molar-refractivity contribution in [1.29, 1.82) is 0 Å². The van der Waals surface area contributed by atoms with Gasteiger partial charge < -0.3 is 15.2 Å². The topological polar surface area (TPSA) is 80.7 Å². The van der Waals surface area contributed by atoms with Gasteiger partial charge in [0.05, 0.1) is 5.92 Å². The molecule has 1 aromatic heterocycles. The van der Waals surface area contributed by atoms with E-state index < -0.39 is 18.0 Å². The Labute approximate surface area is 158 Å². The van der Waals surface area contributed by atoms with Gasteiger partial charge >= 0.3 is 5.97 Å². The van der Waals surface area contributed by atoms with Crippen molar-refractivity contribution in [2.24, 2.45) is 17.8 Å². The van der Waals surface area contributed by atoms with Crippen LogP contribution in [0.2, 0.25) is 5.15 Å². The van der Waals surface area contributed by atoms with Crippen LogP contribution < -0.4 is 10.1 Å². The van der Waals surface area contributed by atoms with Crippen LogP contribution in [0.1, 0.15) is 34.1 Å². The Morgan fingerprint density at radius 3 is 2.46 bits per heavy atom. The lowest BCUT2D eigenvalue weighted by Gasteiger charge is -2.35. The lowest BCUT2D eigenvalue weighted by atomic mass is 9.90. The third kappa shape index (κ3) is 7.43. The molecule has 1 aliphatic rings. The molecule has 3 atom stereocenters. The summed E-state index contributed by atoms with van der Waals surface area (Å²) in [5.74, 6) is 0.0617. The van der Waals surface area contributed by atoms with E-state index in [1.165, 1.54) is 13.8 Å². The summed E-state index contributed by atoms with van der Waals surface area (Å²) in [5.41, 5.74) is 0. The van der Waals surface area contributed by atoms with E-state index in [4.69, 9.17) is 21.4 Å². The van der Waals surface area contributed by atoms with Gasteiger partial charge in [0.15, 0.2) is 10.9 Å². The minimum absolute atomic E-state index is 0.234. The SMILES string of the molecule is CC(C)CC(Oc1cccnc1Cl)C1CNC1.CC(OF)C(C)C(=O)O. The molecule has 26 heavy (non-hydrogen) atoms. The normalized spacial score (nSPS) is 17.5. The first kappa shape index (κ1) is 22.6. The number of nitrogens with zero attached hydrogens (tertiary/aromatic N) is 1. The van der Waals surface area contributed by atoms with E-state index in [2.05, 4.69) is 29.1 Å². The number of aliphatic carboxylic acids is 1. The smallest absolute Gasteiger partial charge is 0.308 e. The summed E-state index contributed by atoms with van der Waals surface area (Å²) in [4.78, 5) is 17.4. The van der Waals surface area contributed by atoms with E-state index in [0.29, 0.717) is 22.7 Å². The van der Waals surface area contributed by atoms with Gasteiger partial charge in [-0.1, -0.05) is 25.4 Å². The van der Waals surface area contributed by atoms with Gasteiger partial charge in [-0.15, -0.1) is 0 Å². The molecule has 148 valence electrons. The molecule has 0 aliphatic carbocycles. The van der Waals surface area contributed by atoms with E-state index in [9.17, 15) is 9.32 Å². The average molecular weight is 391 g/mol. The number of hydrogen-bond donors (Lipinski definition) is 2. The van der Waals surface area contributed by atoms with Gasteiger partial charge in [0.25, 0.3) is 0 Å². The van der Waals surface area contributed by atoms with Gasteiger partial charge in [-0.25, -0.2) is 4.98 Å². The van der Waals surface area contributed by atoms with Gasteiger partial charge in [-0.2, -0.15) is 4.94 Å². The number of carbonyl (C=O) groups is 1. The number of halogens is 2. The minimum Gasteiger partial charge on any atom is -0.487 e. The Morgan fingerprint density at radius 2 is 2.08 bits per heavy atom. The number of carboxylic acids is 1. The highest BCUT2D eigenvalue weighted by Crippen LogP contribution is 2.27. The molecular weight excluding hydrogens is 363 g/mol. The van der Waals surface area contributed by atoms with E-state index in [1.54, 1.807) is 6.20 Å². The van der Waals surface area contributed by atoms with Crippen molar-refractivity contribution in [2.75, 3.05) is 13.1 Å². The fraction of sp³-hybridized carbons (Fsp3) is 0.667. The second-order valence-corrected chi connectivity index (χ2v) is 7.28. The first-order chi connectivity index (χ1) is 12.3. The largest absolute Gasteiger partial charge is 0.487 e. The molecule has 2 N–H and O–H groups in total. The maximum atomic E-state index is 11.2. The molecule has 1 saturated heterocycles. The molecule has 0 bridgehead atoms. The van der Waals surface area contributed by atoms with Crippen LogP contribution >= 0.6 is 11.6 Å². The number of pyridine rings is 1. The predicted octanol–water partition coefficient (Wildman–Crippen LogP) is 3.74.